The first kappa shape index (κ1) is 26.1. The largest absolute Gasteiger partial charge is 0.497 e. The Kier molecular flexibility index (Phi) is 8.66. The van der Waals surface area contributed by atoms with E-state index in [1.807, 2.05) is 43.3 Å². The number of ether oxygens (including phenoxy) is 1. The molecule has 1 aliphatic rings. The number of rotatable bonds is 9. The summed E-state index contributed by atoms with van der Waals surface area (Å²) >= 11 is 0. The van der Waals surface area contributed by atoms with Gasteiger partial charge in [0.1, 0.15) is 18.1 Å². The first-order chi connectivity index (χ1) is 18.0. The van der Waals surface area contributed by atoms with Gasteiger partial charge in [-0.25, -0.2) is 4.39 Å². The molecule has 1 fully saturated rings. The highest BCUT2D eigenvalue weighted by Gasteiger charge is 2.26. The topological polar surface area (TPSA) is 78.9 Å². The van der Waals surface area contributed by atoms with Crippen LogP contribution in [0.25, 0.3) is 11.3 Å². The Morgan fingerprint density at radius 3 is 2.46 bits per heavy atom. The average Bonchev–Trinajstić information content (AvgIpc) is 2.95. The number of amides is 2. The number of carbonyl (C=O) groups excluding carboxylic acids is 2. The lowest BCUT2D eigenvalue weighted by Gasteiger charge is -2.36. The zero-order valence-corrected chi connectivity index (χ0v) is 21.3. The van der Waals surface area contributed by atoms with Crippen molar-refractivity contribution in [1.29, 1.82) is 0 Å². The number of piperazine rings is 1. The van der Waals surface area contributed by atoms with Crippen molar-refractivity contribution >= 4 is 17.6 Å². The maximum atomic E-state index is 13.6. The first-order valence-electron chi connectivity index (χ1n) is 12.5. The first-order valence-corrected chi connectivity index (χ1v) is 12.5. The van der Waals surface area contributed by atoms with Crippen LogP contribution in [0.15, 0.2) is 60.7 Å². The Bertz CT molecular complexity index is 1210. The second kappa shape index (κ2) is 12.3. The van der Waals surface area contributed by atoms with Gasteiger partial charge in [-0.2, -0.15) is 0 Å². The third-order valence-electron chi connectivity index (χ3n) is 6.44. The molecule has 2 aromatic carbocycles. The van der Waals surface area contributed by atoms with E-state index in [9.17, 15) is 14.0 Å². The molecule has 0 atom stereocenters. The fourth-order valence-electron chi connectivity index (χ4n) is 4.28. The number of nitrogens with zero attached hydrogens (tertiary/aromatic N) is 5. The number of halogens is 1. The predicted molar refractivity (Wildman–Crippen MR) is 140 cm³/mol. The quantitative estimate of drug-likeness (QED) is 0.439. The van der Waals surface area contributed by atoms with E-state index < -0.39 is 5.82 Å². The van der Waals surface area contributed by atoms with Crippen LogP contribution >= 0.6 is 0 Å². The second-order valence-electron chi connectivity index (χ2n) is 8.97. The number of methoxy groups -OCH3 is 1. The highest BCUT2D eigenvalue weighted by Crippen LogP contribution is 2.23. The van der Waals surface area contributed by atoms with Gasteiger partial charge < -0.3 is 19.4 Å². The van der Waals surface area contributed by atoms with Gasteiger partial charge in [0.2, 0.25) is 5.91 Å². The summed E-state index contributed by atoms with van der Waals surface area (Å²) in [7, 11) is 1.63. The van der Waals surface area contributed by atoms with Crippen LogP contribution in [0.5, 0.6) is 5.75 Å². The Morgan fingerprint density at radius 2 is 1.78 bits per heavy atom. The minimum absolute atomic E-state index is 0.0234. The Morgan fingerprint density at radius 1 is 1.00 bits per heavy atom. The SMILES string of the molecule is CCCCN(CC(=O)N1CCN(c2ccc(-c3cccc(OC)c3)nn2)CC1)C(=O)c1cccc(F)c1. The summed E-state index contributed by atoms with van der Waals surface area (Å²) < 4.78 is 18.9. The van der Waals surface area contributed by atoms with Crippen LogP contribution < -0.4 is 9.64 Å². The van der Waals surface area contributed by atoms with Crippen molar-refractivity contribution in [3.8, 4) is 17.0 Å². The van der Waals surface area contributed by atoms with Crippen molar-refractivity contribution in [2.75, 3.05) is 51.3 Å². The van der Waals surface area contributed by atoms with Crippen molar-refractivity contribution in [2.24, 2.45) is 0 Å². The van der Waals surface area contributed by atoms with Gasteiger partial charge in [0.15, 0.2) is 5.82 Å². The van der Waals surface area contributed by atoms with Gasteiger partial charge in [-0.3, -0.25) is 9.59 Å². The highest BCUT2D eigenvalue weighted by atomic mass is 19.1. The minimum Gasteiger partial charge on any atom is -0.497 e. The molecule has 0 aliphatic carbocycles. The Hall–Kier alpha value is -4.01. The molecule has 4 rings (SSSR count). The summed E-state index contributed by atoms with van der Waals surface area (Å²) in [5.41, 5.74) is 1.94. The van der Waals surface area contributed by atoms with E-state index in [2.05, 4.69) is 15.1 Å². The van der Waals surface area contributed by atoms with Crippen LogP contribution in [-0.4, -0.2) is 78.2 Å². The number of unbranched alkanes of at least 4 members (excludes halogenated alkanes) is 1. The molecule has 194 valence electrons. The maximum Gasteiger partial charge on any atom is 0.254 e. The second-order valence-corrected chi connectivity index (χ2v) is 8.97. The molecule has 2 heterocycles. The van der Waals surface area contributed by atoms with Crippen LogP contribution in [-0.2, 0) is 4.79 Å². The molecule has 0 N–H and O–H groups in total. The zero-order chi connectivity index (χ0) is 26.2. The van der Waals surface area contributed by atoms with E-state index in [1.165, 1.54) is 23.1 Å². The molecule has 0 spiro atoms. The zero-order valence-electron chi connectivity index (χ0n) is 21.3. The summed E-state index contributed by atoms with van der Waals surface area (Å²) in [6, 6.07) is 17.1. The summed E-state index contributed by atoms with van der Waals surface area (Å²) in [5.74, 6) is 0.606. The maximum absolute atomic E-state index is 13.6. The van der Waals surface area contributed by atoms with Crippen molar-refractivity contribution < 1.29 is 18.7 Å². The molecule has 0 bridgehead atoms. The van der Waals surface area contributed by atoms with Crippen molar-refractivity contribution in [1.82, 2.24) is 20.0 Å². The number of aromatic nitrogens is 2. The number of benzene rings is 2. The van der Waals surface area contributed by atoms with Gasteiger partial charge in [0.25, 0.3) is 5.91 Å². The van der Waals surface area contributed by atoms with Crippen LogP contribution in [0, 0.1) is 5.82 Å². The molecular weight excluding hydrogens is 473 g/mol. The van der Waals surface area contributed by atoms with E-state index in [-0.39, 0.29) is 23.9 Å². The molecule has 1 saturated heterocycles. The van der Waals surface area contributed by atoms with Crippen molar-refractivity contribution in [3.05, 3.63) is 72.0 Å². The van der Waals surface area contributed by atoms with Crippen LogP contribution in [0.4, 0.5) is 10.2 Å². The van der Waals surface area contributed by atoms with Gasteiger partial charge >= 0.3 is 0 Å². The third-order valence-corrected chi connectivity index (χ3v) is 6.44. The molecular formula is C28H32FN5O3. The van der Waals surface area contributed by atoms with E-state index in [0.717, 1.165) is 35.7 Å². The molecule has 3 aromatic rings. The predicted octanol–water partition coefficient (Wildman–Crippen LogP) is 3.88. The Labute approximate surface area is 216 Å². The fraction of sp³-hybridized carbons (Fsp3) is 0.357. The third kappa shape index (κ3) is 6.61. The van der Waals surface area contributed by atoms with E-state index >= 15 is 0 Å². The van der Waals surface area contributed by atoms with Gasteiger partial charge in [-0.05, 0) is 48.9 Å². The normalized spacial score (nSPS) is 13.4. The lowest BCUT2D eigenvalue weighted by molar-refractivity contribution is -0.132. The lowest BCUT2D eigenvalue weighted by atomic mass is 10.1. The summed E-state index contributed by atoms with van der Waals surface area (Å²) in [5, 5.41) is 8.78. The van der Waals surface area contributed by atoms with E-state index in [1.54, 1.807) is 18.1 Å². The molecule has 8 nitrogen and oxygen atoms in total. The molecule has 37 heavy (non-hydrogen) atoms. The fourth-order valence-corrected chi connectivity index (χ4v) is 4.28. The van der Waals surface area contributed by atoms with Gasteiger partial charge in [0, 0.05) is 43.9 Å². The summed E-state index contributed by atoms with van der Waals surface area (Å²) in [4.78, 5) is 31.4. The van der Waals surface area contributed by atoms with Gasteiger partial charge in [0.05, 0.1) is 12.8 Å². The Balaban J connectivity index is 1.35. The minimum atomic E-state index is -0.469. The molecule has 9 heteroatoms. The van der Waals surface area contributed by atoms with Crippen LogP contribution in [0.2, 0.25) is 0 Å². The molecule has 2 amide bonds. The molecule has 0 radical (unpaired) electrons. The van der Waals surface area contributed by atoms with Gasteiger partial charge in [-0.1, -0.05) is 31.5 Å². The molecule has 1 aromatic heterocycles. The molecule has 0 saturated carbocycles. The molecule has 1 aliphatic heterocycles. The van der Waals surface area contributed by atoms with E-state index in [4.69, 9.17) is 4.74 Å². The van der Waals surface area contributed by atoms with E-state index in [0.29, 0.717) is 32.7 Å². The summed E-state index contributed by atoms with van der Waals surface area (Å²) in [6.45, 7) is 4.73. The highest BCUT2D eigenvalue weighted by molar-refractivity contribution is 5.96. The average molecular weight is 506 g/mol. The smallest absolute Gasteiger partial charge is 0.254 e. The van der Waals surface area contributed by atoms with Crippen LogP contribution in [0.3, 0.4) is 0 Å². The number of carbonyl (C=O) groups is 2. The van der Waals surface area contributed by atoms with Crippen molar-refractivity contribution in [3.63, 3.8) is 0 Å². The summed E-state index contributed by atoms with van der Waals surface area (Å²) in [6.07, 6.45) is 1.66. The monoisotopic (exact) mass is 505 g/mol. The lowest BCUT2D eigenvalue weighted by Crippen LogP contribution is -2.52. The number of hydrogen-bond acceptors (Lipinski definition) is 6. The molecule has 0 unspecified atom stereocenters. The standard InChI is InChI=1S/C28H32FN5O3/c1-3-4-13-34(28(36)22-8-5-9-23(29)18-22)20-27(35)33-16-14-32(15-17-33)26-12-11-25(30-31-26)21-7-6-10-24(19-21)37-2/h5-12,18-19H,3-4,13-17,20H2,1-2H3. The van der Waals surface area contributed by atoms with Crippen LogP contribution in [0.1, 0.15) is 30.1 Å². The van der Waals surface area contributed by atoms with Crippen molar-refractivity contribution in [2.45, 2.75) is 19.8 Å². The number of hydrogen-bond donors (Lipinski definition) is 0. The number of anilines is 1. The van der Waals surface area contributed by atoms with Gasteiger partial charge in [-0.15, -0.1) is 10.2 Å².